The lowest BCUT2D eigenvalue weighted by Gasteiger charge is -2.19. The maximum atomic E-state index is 12.3. The number of amides is 1. The van der Waals surface area contributed by atoms with Crippen LogP contribution in [0.15, 0.2) is 48.5 Å². The van der Waals surface area contributed by atoms with Gasteiger partial charge in [-0.05, 0) is 49.2 Å². The van der Waals surface area contributed by atoms with Gasteiger partial charge in [-0.2, -0.15) is 0 Å². The molecule has 2 N–H and O–H groups in total. The van der Waals surface area contributed by atoms with Crippen LogP contribution in [0.25, 0.3) is 0 Å². The Bertz CT molecular complexity index is 613. The average Bonchev–Trinajstić information content (AvgIpc) is 2.47. The van der Waals surface area contributed by atoms with E-state index in [1.165, 1.54) is 0 Å². The van der Waals surface area contributed by atoms with Crippen LogP contribution in [0, 0.1) is 6.92 Å². The molecule has 0 saturated heterocycles. The van der Waals surface area contributed by atoms with Gasteiger partial charge in [0.05, 0.1) is 0 Å². The van der Waals surface area contributed by atoms with E-state index in [0.29, 0.717) is 11.4 Å². The van der Waals surface area contributed by atoms with Crippen LogP contribution >= 0.6 is 11.6 Å². The molecule has 21 heavy (non-hydrogen) atoms. The van der Waals surface area contributed by atoms with E-state index in [9.17, 15) is 4.79 Å². The smallest absolute Gasteiger partial charge is 0.246 e. The van der Waals surface area contributed by atoms with Gasteiger partial charge in [0.25, 0.3) is 0 Å². The van der Waals surface area contributed by atoms with Crippen molar-refractivity contribution in [2.75, 3.05) is 10.6 Å². The third-order valence-corrected chi connectivity index (χ3v) is 3.52. The highest BCUT2D eigenvalue weighted by Crippen LogP contribution is 2.21. The van der Waals surface area contributed by atoms with Crippen molar-refractivity contribution in [2.45, 2.75) is 26.3 Å². The third-order valence-electron chi connectivity index (χ3n) is 3.28. The first-order valence-electron chi connectivity index (χ1n) is 6.98. The van der Waals surface area contributed by atoms with Gasteiger partial charge < -0.3 is 10.6 Å². The van der Waals surface area contributed by atoms with Crippen molar-refractivity contribution in [3.8, 4) is 0 Å². The number of carbonyl (C=O) groups is 1. The summed E-state index contributed by atoms with van der Waals surface area (Å²) in [6.45, 7) is 3.95. The molecule has 2 aromatic rings. The predicted molar refractivity (Wildman–Crippen MR) is 89.0 cm³/mol. The van der Waals surface area contributed by atoms with Crippen LogP contribution in [0.3, 0.4) is 0 Å². The van der Waals surface area contributed by atoms with E-state index in [4.69, 9.17) is 11.6 Å². The maximum absolute atomic E-state index is 12.3. The molecule has 0 bridgehead atoms. The Labute approximate surface area is 130 Å². The van der Waals surface area contributed by atoms with Gasteiger partial charge in [-0.15, -0.1) is 0 Å². The number of rotatable bonds is 5. The van der Waals surface area contributed by atoms with Crippen molar-refractivity contribution < 1.29 is 4.79 Å². The van der Waals surface area contributed by atoms with Crippen LogP contribution in [-0.4, -0.2) is 11.9 Å². The Morgan fingerprint density at radius 1 is 1.19 bits per heavy atom. The zero-order valence-electron chi connectivity index (χ0n) is 12.2. The minimum atomic E-state index is -0.287. The first-order valence-corrected chi connectivity index (χ1v) is 7.36. The summed E-state index contributed by atoms with van der Waals surface area (Å²) in [4.78, 5) is 12.3. The lowest BCUT2D eigenvalue weighted by molar-refractivity contribution is -0.116. The number of nitrogens with one attached hydrogen (secondary N) is 2. The maximum Gasteiger partial charge on any atom is 0.246 e. The van der Waals surface area contributed by atoms with Crippen LogP contribution in [-0.2, 0) is 4.79 Å². The van der Waals surface area contributed by atoms with Gasteiger partial charge in [0, 0.05) is 16.4 Å². The van der Waals surface area contributed by atoms with Crippen molar-refractivity contribution in [2.24, 2.45) is 0 Å². The van der Waals surface area contributed by atoms with Gasteiger partial charge in [0.1, 0.15) is 6.04 Å². The van der Waals surface area contributed by atoms with Crippen molar-refractivity contribution in [3.05, 3.63) is 59.1 Å². The van der Waals surface area contributed by atoms with Crippen molar-refractivity contribution >= 4 is 28.9 Å². The van der Waals surface area contributed by atoms with E-state index < -0.39 is 0 Å². The lowest BCUT2D eigenvalue weighted by Crippen LogP contribution is -2.34. The second-order valence-corrected chi connectivity index (χ2v) is 5.36. The molecule has 0 spiro atoms. The van der Waals surface area contributed by atoms with Crippen LogP contribution in [0.4, 0.5) is 11.4 Å². The van der Waals surface area contributed by atoms with Crippen LogP contribution in [0.2, 0.25) is 5.02 Å². The number of anilines is 2. The van der Waals surface area contributed by atoms with Crippen molar-refractivity contribution in [3.63, 3.8) is 0 Å². The molecular formula is C17H19ClN2O. The van der Waals surface area contributed by atoms with Crippen LogP contribution in [0.1, 0.15) is 18.9 Å². The molecule has 0 unspecified atom stereocenters. The first-order chi connectivity index (χ1) is 10.1. The van der Waals surface area contributed by atoms with E-state index in [2.05, 4.69) is 10.6 Å². The fourth-order valence-electron chi connectivity index (χ4n) is 2.08. The van der Waals surface area contributed by atoms with Crippen molar-refractivity contribution in [1.82, 2.24) is 0 Å². The molecule has 0 radical (unpaired) electrons. The summed E-state index contributed by atoms with van der Waals surface area (Å²) in [6.07, 6.45) is 0.695. The Kier molecular flexibility index (Phi) is 5.23. The number of halogens is 1. The van der Waals surface area contributed by atoms with E-state index in [-0.39, 0.29) is 11.9 Å². The second-order valence-electron chi connectivity index (χ2n) is 4.92. The highest BCUT2D eigenvalue weighted by Gasteiger charge is 2.17. The Morgan fingerprint density at radius 3 is 2.52 bits per heavy atom. The molecule has 1 amide bonds. The first kappa shape index (κ1) is 15.4. The van der Waals surface area contributed by atoms with E-state index in [0.717, 1.165) is 16.9 Å². The molecule has 0 aliphatic heterocycles. The molecule has 0 fully saturated rings. The molecule has 4 heteroatoms. The topological polar surface area (TPSA) is 41.1 Å². The molecule has 2 aromatic carbocycles. The summed E-state index contributed by atoms with van der Waals surface area (Å²) in [7, 11) is 0. The number of hydrogen-bond donors (Lipinski definition) is 2. The van der Waals surface area contributed by atoms with Gasteiger partial charge in [0.15, 0.2) is 0 Å². The monoisotopic (exact) mass is 302 g/mol. The molecule has 2 rings (SSSR count). The standard InChI is InChI=1S/C17H19ClN2O/c1-3-15(17(21)19-14-7-5-4-6-8-14)20-16-10-9-13(18)11-12(16)2/h4-11,15,20H,3H2,1-2H3,(H,19,21)/t15-/m1/s1. The van der Waals surface area contributed by atoms with Crippen LogP contribution in [0.5, 0.6) is 0 Å². The summed E-state index contributed by atoms with van der Waals surface area (Å²) in [5.41, 5.74) is 2.75. The zero-order valence-corrected chi connectivity index (χ0v) is 12.9. The largest absolute Gasteiger partial charge is 0.373 e. The summed E-state index contributed by atoms with van der Waals surface area (Å²) in [5.74, 6) is -0.0435. The fourth-order valence-corrected chi connectivity index (χ4v) is 2.31. The van der Waals surface area contributed by atoms with E-state index in [1.54, 1.807) is 0 Å². The molecule has 0 aliphatic rings. The Hall–Kier alpha value is -2.00. The third kappa shape index (κ3) is 4.23. The number of hydrogen-bond acceptors (Lipinski definition) is 2. The number of para-hydroxylation sites is 1. The SMILES string of the molecule is CC[C@@H](Nc1ccc(Cl)cc1C)C(=O)Nc1ccccc1. The van der Waals surface area contributed by atoms with Gasteiger partial charge >= 0.3 is 0 Å². The number of benzene rings is 2. The summed E-state index contributed by atoms with van der Waals surface area (Å²) < 4.78 is 0. The van der Waals surface area contributed by atoms with Gasteiger partial charge in [-0.3, -0.25) is 4.79 Å². The fraction of sp³-hybridized carbons (Fsp3) is 0.235. The minimum absolute atomic E-state index is 0.0435. The number of carbonyl (C=O) groups excluding carboxylic acids is 1. The van der Waals surface area contributed by atoms with Crippen LogP contribution < -0.4 is 10.6 Å². The normalized spacial score (nSPS) is 11.8. The average molecular weight is 303 g/mol. The molecule has 3 nitrogen and oxygen atoms in total. The summed E-state index contributed by atoms with van der Waals surface area (Å²) in [5, 5.41) is 6.88. The lowest BCUT2D eigenvalue weighted by atomic mass is 10.1. The molecule has 110 valence electrons. The Morgan fingerprint density at radius 2 is 1.90 bits per heavy atom. The van der Waals surface area contributed by atoms with E-state index in [1.807, 2.05) is 62.4 Å². The van der Waals surface area contributed by atoms with Gasteiger partial charge in [0.2, 0.25) is 5.91 Å². The van der Waals surface area contributed by atoms with Gasteiger partial charge in [-0.1, -0.05) is 36.7 Å². The molecule has 0 aromatic heterocycles. The second kappa shape index (κ2) is 7.14. The van der Waals surface area contributed by atoms with Crippen molar-refractivity contribution in [1.29, 1.82) is 0 Å². The molecule has 1 atom stereocenters. The summed E-state index contributed by atoms with van der Waals surface area (Å²) >= 11 is 5.95. The number of aryl methyl sites for hydroxylation is 1. The van der Waals surface area contributed by atoms with E-state index >= 15 is 0 Å². The molecule has 0 saturated carbocycles. The highest BCUT2D eigenvalue weighted by molar-refractivity contribution is 6.30. The summed E-state index contributed by atoms with van der Waals surface area (Å²) in [6, 6.07) is 14.8. The minimum Gasteiger partial charge on any atom is -0.373 e. The van der Waals surface area contributed by atoms with Gasteiger partial charge in [-0.25, -0.2) is 0 Å². The zero-order chi connectivity index (χ0) is 15.2. The predicted octanol–water partition coefficient (Wildman–Crippen LogP) is 4.48. The molecule has 0 aliphatic carbocycles. The molecule has 0 heterocycles. The molecular weight excluding hydrogens is 284 g/mol. The Balaban J connectivity index is 2.07. The highest BCUT2D eigenvalue weighted by atomic mass is 35.5. The quantitative estimate of drug-likeness (QED) is 0.855.